The molecule has 1 unspecified atom stereocenters. The molecule has 0 saturated heterocycles. The van der Waals surface area contributed by atoms with Crippen molar-refractivity contribution < 1.29 is 9.72 Å². The molecule has 0 fully saturated rings. The first-order chi connectivity index (χ1) is 16.4. The van der Waals surface area contributed by atoms with Gasteiger partial charge in [-0.1, -0.05) is 66.2 Å². The first-order valence-electron chi connectivity index (χ1n) is 10.9. The molecule has 1 aromatic heterocycles. The van der Waals surface area contributed by atoms with Crippen LogP contribution < -0.4 is 5.32 Å². The lowest BCUT2D eigenvalue weighted by molar-refractivity contribution is -0.384. The molecule has 1 amide bonds. The Labute approximate surface area is 202 Å². The van der Waals surface area contributed by atoms with Crippen LogP contribution in [0, 0.1) is 10.1 Å². The van der Waals surface area contributed by atoms with Crippen LogP contribution in [0.3, 0.4) is 0 Å². The Hall–Kier alpha value is -3.97. The van der Waals surface area contributed by atoms with Crippen molar-refractivity contribution in [2.24, 2.45) is 0 Å². The maximum atomic E-state index is 13.3. The Morgan fingerprint density at radius 3 is 2.53 bits per heavy atom. The molecule has 0 radical (unpaired) electrons. The fraction of sp³-hybridized carbons (Fsp3) is 0.154. The number of nitro benzene ring substituents is 1. The van der Waals surface area contributed by atoms with Gasteiger partial charge in [-0.15, -0.1) is 0 Å². The maximum Gasteiger partial charge on any atom is 0.271 e. The summed E-state index contributed by atoms with van der Waals surface area (Å²) in [5.41, 5.74) is 2.96. The highest BCUT2D eigenvalue weighted by molar-refractivity contribution is 6.33. The predicted octanol–water partition coefficient (Wildman–Crippen LogP) is 5.85. The topological polar surface area (TPSA) is 90.1 Å². The van der Waals surface area contributed by atoms with Crippen molar-refractivity contribution in [3.8, 4) is 16.9 Å². The van der Waals surface area contributed by atoms with Crippen LogP contribution in [-0.2, 0) is 6.42 Å². The molecule has 1 heterocycles. The van der Waals surface area contributed by atoms with Gasteiger partial charge in [-0.3, -0.25) is 14.9 Å². The van der Waals surface area contributed by atoms with Crippen molar-refractivity contribution >= 4 is 23.2 Å². The first kappa shape index (κ1) is 23.2. The smallest absolute Gasteiger partial charge is 0.271 e. The van der Waals surface area contributed by atoms with Crippen LogP contribution in [0.1, 0.15) is 29.4 Å². The fourth-order valence-electron chi connectivity index (χ4n) is 3.68. The minimum absolute atomic E-state index is 0.0881. The molecule has 0 aliphatic heterocycles. The largest absolute Gasteiger partial charge is 0.348 e. The van der Waals surface area contributed by atoms with E-state index in [1.807, 2.05) is 43.3 Å². The van der Waals surface area contributed by atoms with E-state index in [0.717, 1.165) is 12.8 Å². The number of aryl methyl sites for hydroxylation is 1. The lowest BCUT2D eigenvalue weighted by Gasteiger charge is -2.14. The number of nitrogens with one attached hydrogen (secondary N) is 1. The minimum atomic E-state index is -0.479. The van der Waals surface area contributed by atoms with E-state index in [2.05, 4.69) is 22.5 Å². The number of halogens is 1. The zero-order valence-corrected chi connectivity index (χ0v) is 19.3. The number of amides is 1. The number of nitro groups is 1. The van der Waals surface area contributed by atoms with Crippen molar-refractivity contribution in [1.82, 2.24) is 15.1 Å². The average Bonchev–Trinajstić information content (AvgIpc) is 3.29. The quantitative estimate of drug-likeness (QED) is 0.256. The number of aromatic nitrogens is 2. The monoisotopic (exact) mass is 474 g/mol. The number of hydrogen-bond acceptors (Lipinski definition) is 4. The van der Waals surface area contributed by atoms with Gasteiger partial charge in [-0.05, 0) is 43.5 Å². The van der Waals surface area contributed by atoms with E-state index in [1.54, 1.807) is 24.3 Å². The van der Waals surface area contributed by atoms with Gasteiger partial charge in [0.05, 0.1) is 21.3 Å². The summed E-state index contributed by atoms with van der Waals surface area (Å²) in [6.07, 6.45) is 1.59. The van der Waals surface area contributed by atoms with Gasteiger partial charge >= 0.3 is 0 Å². The SMILES string of the molecule is CC(CCc1ccccc1)NC(=O)c1cc(-c2ccccc2Cl)nn1-c1cccc([N+](=O)[O-])c1. The highest BCUT2D eigenvalue weighted by Crippen LogP contribution is 2.29. The van der Waals surface area contributed by atoms with Crippen LogP contribution in [0.25, 0.3) is 16.9 Å². The molecule has 7 nitrogen and oxygen atoms in total. The van der Waals surface area contributed by atoms with Gasteiger partial charge in [-0.25, -0.2) is 4.68 Å². The van der Waals surface area contributed by atoms with Gasteiger partial charge in [0, 0.05) is 23.7 Å². The van der Waals surface area contributed by atoms with E-state index >= 15 is 0 Å². The summed E-state index contributed by atoms with van der Waals surface area (Å²) < 4.78 is 1.42. The van der Waals surface area contributed by atoms with Crippen LogP contribution in [0.2, 0.25) is 5.02 Å². The Morgan fingerprint density at radius 1 is 1.06 bits per heavy atom. The van der Waals surface area contributed by atoms with Crippen LogP contribution in [0.4, 0.5) is 5.69 Å². The molecule has 34 heavy (non-hydrogen) atoms. The van der Waals surface area contributed by atoms with Gasteiger partial charge in [0.2, 0.25) is 0 Å². The van der Waals surface area contributed by atoms with Crippen LogP contribution in [0.15, 0.2) is 84.9 Å². The Bertz CT molecular complexity index is 1320. The van der Waals surface area contributed by atoms with Crippen molar-refractivity contribution in [3.05, 3.63) is 111 Å². The molecule has 3 aromatic carbocycles. The van der Waals surface area contributed by atoms with Crippen molar-refractivity contribution in [1.29, 1.82) is 0 Å². The highest BCUT2D eigenvalue weighted by Gasteiger charge is 2.21. The second kappa shape index (κ2) is 10.3. The van der Waals surface area contributed by atoms with Crippen molar-refractivity contribution in [2.75, 3.05) is 0 Å². The third kappa shape index (κ3) is 5.32. The average molecular weight is 475 g/mol. The number of carbonyl (C=O) groups is 1. The number of hydrogen-bond donors (Lipinski definition) is 1. The van der Waals surface area contributed by atoms with Gasteiger partial charge < -0.3 is 5.32 Å². The van der Waals surface area contributed by atoms with Gasteiger partial charge in [0.25, 0.3) is 11.6 Å². The zero-order valence-electron chi connectivity index (χ0n) is 18.5. The summed E-state index contributed by atoms with van der Waals surface area (Å²) in [6.45, 7) is 1.95. The number of benzene rings is 3. The summed E-state index contributed by atoms with van der Waals surface area (Å²) in [5, 5.41) is 19.4. The predicted molar refractivity (Wildman–Crippen MR) is 132 cm³/mol. The normalized spacial score (nSPS) is 11.7. The summed E-state index contributed by atoms with van der Waals surface area (Å²) in [4.78, 5) is 24.1. The van der Waals surface area contributed by atoms with E-state index in [1.165, 1.54) is 22.4 Å². The summed E-state index contributed by atoms with van der Waals surface area (Å²) in [6, 6.07) is 24.9. The third-order valence-electron chi connectivity index (χ3n) is 5.46. The van der Waals surface area contributed by atoms with Crippen molar-refractivity contribution in [2.45, 2.75) is 25.8 Å². The van der Waals surface area contributed by atoms with Gasteiger partial charge in [0.15, 0.2) is 0 Å². The molecule has 0 spiro atoms. The number of nitrogens with zero attached hydrogens (tertiary/aromatic N) is 3. The molecule has 0 bridgehead atoms. The summed E-state index contributed by atoms with van der Waals surface area (Å²) in [5.74, 6) is -0.321. The number of carbonyl (C=O) groups excluding carboxylic acids is 1. The van der Waals surface area contributed by atoms with Crippen molar-refractivity contribution in [3.63, 3.8) is 0 Å². The number of non-ortho nitro benzene ring substituents is 1. The summed E-state index contributed by atoms with van der Waals surface area (Å²) >= 11 is 6.36. The van der Waals surface area contributed by atoms with Crippen LogP contribution >= 0.6 is 11.6 Å². The molecule has 4 rings (SSSR count). The molecular weight excluding hydrogens is 452 g/mol. The van der Waals surface area contributed by atoms with Gasteiger partial charge in [-0.2, -0.15) is 5.10 Å². The van der Waals surface area contributed by atoms with E-state index in [0.29, 0.717) is 22.0 Å². The van der Waals surface area contributed by atoms with E-state index in [4.69, 9.17) is 11.6 Å². The molecule has 0 saturated carbocycles. The first-order valence-corrected chi connectivity index (χ1v) is 11.2. The molecule has 172 valence electrons. The van der Waals surface area contributed by atoms with Crippen LogP contribution in [0.5, 0.6) is 0 Å². The molecule has 4 aromatic rings. The van der Waals surface area contributed by atoms with E-state index in [-0.39, 0.29) is 23.3 Å². The Morgan fingerprint density at radius 2 is 1.79 bits per heavy atom. The molecule has 1 atom stereocenters. The molecule has 0 aliphatic carbocycles. The molecular formula is C26H23ClN4O3. The fourth-order valence-corrected chi connectivity index (χ4v) is 3.91. The van der Waals surface area contributed by atoms with Crippen LogP contribution in [-0.4, -0.2) is 26.7 Å². The molecule has 1 N–H and O–H groups in total. The lowest BCUT2D eigenvalue weighted by Crippen LogP contribution is -2.34. The second-order valence-electron chi connectivity index (χ2n) is 7.98. The number of rotatable bonds is 8. The molecule has 8 heteroatoms. The zero-order chi connectivity index (χ0) is 24.1. The standard InChI is InChI=1S/C26H23ClN4O3/c1-18(14-15-19-8-3-2-4-9-19)28-26(32)25-17-24(22-12-5-6-13-23(22)27)29-30(25)20-10-7-11-21(16-20)31(33)34/h2-13,16-18H,14-15H2,1H3,(H,28,32). The maximum absolute atomic E-state index is 13.3. The lowest BCUT2D eigenvalue weighted by atomic mass is 10.1. The minimum Gasteiger partial charge on any atom is -0.348 e. The molecule has 0 aliphatic rings. The Balaban J connectivity index is 1.64. The van der Waals surface area contributed by atoms with E-state index < -0.39 is 4.92 Å². The highest BCUT2D eigenvalue weighted by atomic mass is 35.5. The van der Waals surface area contributed by atoms with Gasteiger partial charge in [0.1, 0.15) is 5.69 Å². The Kier molecular flexibility index (Phi) is 7.04. The van der Waals surface area contributed by atoms with E-state index in [9.17, 15) is 14.9 Å². The second-order valence-corrected chi connectivity index (χ2v) is 8.39. The third-order valence-corrected chi connectivity index (χ3v) is 5.79. The summed E-state index contributed by atoms with van der Waals surface area (Å²) in [7, 11) is 0.